The Kier molecular flexibility index (Phi) is 6.88. The molecule has 1 saturated carbocycles. The van der Waals surface area contributed by atoms with Gasteiger partial charge in [-0.3, -0.25) is 9.59 Å². The summed E-state index contributed by atoms with van der Waals surface area (Å²) in [6, 6.07) is 8.04. The Morgan fingerprint density at radius 3 is 2.56 bits per heavy atom. The number of halogens is 2. The van der Waals surface area contributed by atoms with Crippen LogP contribution in [0.4, 0.5) is 0 Å². The first kappa shape index (κ1) is 20.2. The first-order chi connectivity index (χ1) is 11.6. The quantitative estimate of drug-likeness (QED) is 0.752. The van der Waals surface area contributed by atoms with E-state index in [4.69, 9.17) is 5.73 Å². The summed E-state index contributed by atoms with van der Waals surface area (Å²) in [5.74, 6) is 0.0857. The second-order valence-electron chi connectivity index (χ2n) is 6.76. The van der Waals surface area contributed by atoms with Gasteiger partial charge < -0.3 is 16.0 Å². The Morgan fingerprint density at radius 1 is 1.28 bits per heavy atom. The molecule has 0 aromatic heterocycles. The van der Waals surface area contributed by atoms with Crippen molar-refractivity contribution in [1.29, 1.82) is 0 Å². The van der Waals surface area contributed by atoms with Gasteiger partial charge in [0, 0.05) is 30.7 Å². The maximum Gasteiger partial charge on any atom is 0.233 e. The average molecular weight is 431 g/mol. The Morgan fingerprint density at radius 2 is 1.96 bits per heavy atom. The summed E-state index contributed by atoms with van der Waals surface area (Å²) in [5, 5.41) is 2.85. The maximum atomic E-state index is 13.1. The molecule has 0 bridgehead atoms. The Balaban J connectivity index is 0.00000225. The average Bonchev–Trinajstić information content (AvgIpc) is 3.41. The zero-order valence-electron chi connectivity index (χ0n) is 14.2. The Labute approximate surface area is 163 Å². The minimum atomic E-state index is -0.365. The van der Waals surface area contributed by atoms with Crippen molar-refractivity contribution in [3.05, 3.63) is 34.3 Å². The number of piperidine rings is 1. The molecule has 138 valence electrons. The minimum absolute atomic E-state index is 0. The number of nitrogens with zero attached hydrogens (tertiary/aromatic N) is 1. The van der Waals surface area contributed by atoms with Crippen LogP contribution in [0, 0.1) is 5.92 Å². The Bertz CT molecular complexity index is 619. The summed E-state index contributed by atoms with van der Waals surface area (Å²) in [4.78, 5) is 27.2. The van der Waals surface area contributed by atoms with E-state index in [1.807, 2.05) is 29.2 Å². The SMILES string of the molecule is Cl.NCCNC(=O)C1CCCN(C(=O)C2(c3ccc(Br)cc3)CC2)C1. The molecule has 3 N–H and O–H groups in total. The third-order valence-electron chi connectivity index (χ3n) is 5.08. The van der Waals surface area contributed by atoms with Gasteiger partial charge in [-0.1, -0.05) is 28.1 Å². The molecular formula is C18H25BrClN3O2. The molecular weight excluding hydrogens is 406 g/mol. The van der Waals surface area contributed by atoms with Gasteiger partial charge in [-0.15, -0.1) is 12.4 Å². The van der Waals surface area contributed by atoms with Crippen molar-refractivity contribution < 1.29 is 9.59 Å². The first-order valence-corrected chi connectivity index (χ1v) is 9.39. The van der Waals surface area contributed by atoms with Gasteiger partial charge in [0.05, 0.1) is 11.3 Å². The molecule has 1 aliphatic heterocycles. The number of hydrogen-bond acceptors (Lipinski definition) is 3. The van der Waals surface area contributed by atoms with Crippen LogP contribution in [0.5, 0.6) is 0 Å². The highest BCUT2D eigenvalue weighted by Gasteiger charge is 2.53. The number of hydrogen-bond donors (Lipinski definition) is 2. The molecule has 1 aliphatic carbocycles. The molecule has 0 radical (unpaired) electrons. The molecule has 1 aromatic carbocycles. The van der Waals surface area contributed by atoms with Gasteiger partial charge in [0.2, 0.25) is 11.8 Å². The molecule has 7 heteroatoms. The highest BCUT2D eigenvalue weighted by molar-refractivity contribution is 9.10. The first-order valence-electron chi connectivity index (χ1n) is 8.60. The lowest BCUT2D eigenvalue weighted by Gasteiger charge is -2.34. The fourth-order valence-corrected chi connectivity index (χ4v) is 3.80. The van der Waals surface area contributed by atoms with Crippen molar-refractivity contribution in [3.63, 3.8) is 0 Å². The molecule has 1 saturated heterocycles. The number of rotatable bonds is 5. The van der Waals surface area contributed by atoms with Gasteiger partial charge in [-0.2, -0.15) is 0 Å². The van der Waals surface area contributed by atoms with Gasteiger partial charge >= 0.3 is 0 Å². The van der Waals surface area contributed by atoms with E-state index in [0.717, 1.165) is 42.3 Å². The molecule has 5 nitrogen and oxygen atoms in total. The minimum Gasteiger partial charge on any atom is -0.355 e. The van der Waals surface area contributed by atoms with Crippen molar-refractivity contribution >= 4 is 40.2 Å². The van der Waals surface area contributed by atoms with Crippen LogP contribution in [0.1, 0.15) is 31.2 Å². The molecule has 3 rings (SSSR count). The van der Waals surface area contributed by atoms with Crippen LogP contribution in [0.2, 0.25) is 0 Å². The molecule has 25 heavy (non-hydrogen) atoms. The van der Waals surface area contributed by atoms with Crippen molar-refractivity contribution in [2.24, 2.45) is 11.7 Å². The monoisotopic (exact) mass is 429 g/mol. The zero-order chi connectivity index (χ0) is 17.2. The fraction of sp³-hybridized carbons (Fsp3) is 0.556. The predicted octanol–water partition coefficient (Wildman–Crippen LogP) is 2.22. The van der Waals surface area contributed by atoms with Crippen molar-refractivity contribution in [2.45, 2.75) is 31.1 Å². The van der Waals surface area contributed by atoms with Crippen LogP contribution < -0.4 is 11.1 Å². The van der Waals surface area contributed by atoms with E-state index < -0.39 is 0 Å². The number of nitrogens with one attached hydrogen (secondary N) is 1. The molecule has 1 aromatic rings. The zero-order valence-corrected chi connectivity index (χ0v) is 16.6. The van der Waals surface area contributed by atoms with Crippen molar-refractivity contribution in [2.75, 3.05) is 26.2 Å². The second-order valence-corrected chi connectivity index (χ2v) is 7.67. The lowest BCUT2D eigenvalue weighted by atomic mass is 9.91. The van der Waals surface area contributed by atoms with Crippen LogP contribution >= 0.6 is 28.3 Å². The van der Waals surface area contributed by atoms with E-state index >= 15 is 0 Å². The fourth-order valence-electron chi connectivity index (χ4n) is 3.54. The number of nitrogens with two attached hydrogens (primary N) is 1. The second kappa shape index (κ2) is 8.52. The van der Waals surface area contributed by atoms with E-state index in [9.17, 15) is 9.59 Å². The van der Waals surface area contributed by atoms with E-state index in [1.54, 1.807) is 0 Å². The highest BCUT2D eigenvalue weighted by Crippen LogP contribution is 2.50. The summed E-state index contributed by atoms with van der Waals surface area (Å²) < 4.78 is 1.02. The number of carbonyl (C=O) groups is 2. The summed E-state index contributed by atoms with van der Waals surface area (Å²) in [7, 11) is 0. The summed E-state index contributed by atoms with van der Waals surface area (Å²) >= 11 is 3.44. The highest BCUT2D eigenvalue weighted by atomic mass is 79.9. The van der Waals surface area contributed by atoms with Crippen LogP contribution in [0.25, 0.3) is 0 Å². The summed E-state index contributed by atoms with van der Waals surface area (Å²) in [5.41, 5.74) is 6.16. The van der Waals surface area contributed by atoms with E-state index in [2.05, 4.69) is 21.2 Å². The lowest BCUT2D eigenvalue weighted by Crippen LogP contribution is -2.49. The van der Waals surface area contributed by atoms with Gasteiger partial charge in [0.15, 0.2) is 0 Å². The molecule has 2 fully saturated rings. The topological polar surface area (TPSA) is 75.4 Å². The van der Waals surface area contributed by atoms with Crippen molar-refractivity contribution in [3.8, 4) is 0 Å². The maximum absolute atomic E-state index is 13.1. The number of likely N-dealkylation sites (tertiary alicyclic amines) is 1. The summed E-state index contributed by atoms with van der Waals surface area (Å²) in [6.45, 7) is 2.20. The van der Waals surface area contributed by atoms with Crippen LogP contribution in [-0.4, -0.2) is 42.9 Å². The molecule has 2 amide bonds. The third kappa shape index (κ3) is 4.36. The summed E-state index contributed by atoms with van der Waals surface area (Å²) in [6.07, 6.45) is 3.51. The predicted molar refractivity (Wildman–Crippen MR) is 104 cm³/mol. The number of amides is 2. The van der Waals surface area contributed by atoms with Gasteiger partial charge in [-0.05, 0) is 43.4 Å². The van der Waals surface area contributed by atoms with E-state index in [-0.39, 0.29) is 35.6 Å². The van der Waals surface area contributed by atoms with Gasteiger partial charge in [-0.25, -0.2) is 0 Å². The smallest absolute Gasteiger partial charge is 0.233 e. The number of benzene rings is 1. The van der Waals surface area contributed by atoms with Crippen LogP contribution in [0.15, 0.2) is 28.7 Å². The number of carbonyl (C=O) groups excluding carboxylic acids is 2. The molecule has 1 heterocycles. The molecule has 1 atom stereocenters. The molecule has 2 aliphatic rings. The Hall–Kier alpha value is -1.11. The van der Waals surface area contributed by atoms with E-state index in [0.29, 0.717) is 19.6 Å². The molecule has 0 spiro atoms. The lowest BCUT2D eigenvalue weighted by molar-refractivity contribution is -0.138. The largest absolute Gasteiger partial charge is 0.355 e. The van der Waals surface area contributed by atoms with Crippen LogP contribution in [-0.2, 0) is 15.0 Å². The van der Waals surface area contributed by atoms with Crippen molar-refractivity contribution in [1.82, 2.24) is 10.2 Å². The van der Waals surface area contributed by atoms with Crippen LogP contribution in [0.3, 0.4) is 0 Å². The third-order valence-corrected chi connectivity index (χ3v) is 5.61. The van der Waals surface area contributed by atoms with Gasteiger partial charge in [0.1, 0.15) is 0 Å². The van der Waals surface area contributed by atoms with Gasteiger partial charge in [0.25, 0.3) is 0 Å². The van der Waals surface area contributed by atoms with E-state index in [1.165, 1.54) is 0 Å². The molecule has 1 unspecified atom stereocenters. The standard InChI is InChI=1S/C18H24BrN3O2.ClH/c19-15-5-3-14(4-6-15)18(7-8-18)17(24)22-11-1-2-13(12-22)16(23)21-10-9-20;/h3-6,13H,1-2,7-12,20H2,(H,21,23);1H. The normalized spacial score (nSPS) is 21.2.